The molecule has 2 N–H and O–H groups in total. The first-order valence-corrected chi connectivity index (χ1v) is 12.8. The number of methoxy groups -OCH3 is 1. The Balaban J connectivity index is 1.71. The number of hydrogen-bond donors (Lipinski definition) is 2. The summed E-state index contributed by atoms with van der Waals surface area (Å²) in [6.45, 7) is 2.84. The highest BCUT2D eigenvalue weighted by Gasteiger charge is 2.33. The number of para-hydroxylation sites is 1. The zero-order chi connectivity index (χ0) is 26.4. The number of amides is 1. The monoisotopic (exact) mass is 539 g/mol. The maximum atomic E-state index is 12.7. The fraction of sp³-hybridized carbons (Fsp3) is 0.222. The topological polar surface area (TPSA) is 102 Å². The van der Waals surface area contributed by atoms with Crippen molar-refractivity contribution in [2.45, 2.75) is 13.5 Å². The molecule has 0 fully saturated rings. The molecule has 37 heavy (non-hydrogen) atoms. The van der Waals surface area contributed by atoms with Crippen molar-refractivity contribution in [1.29, 1.82) is 0 Å². The highest BCUT2D eigenvalue weighted by molar-refractivity contribution is 8.18. The van der Waals surface area contributed by atoms with Gasteiger partial charge in [0.25, 0.3) is 0 Å². The standard InChI is InChI=1S/C27H26ClN3O5S/c1-3-36-27(34)24-25(33)22(37-26(24)30-19-10-8-18(28)9-11-19)14-17-15-31(16-23(32)29-12-13-35-2)21-7-5-4-6-20(17)21/h4-11,14-15,33H,3,12-13,16H2,1-2H3,(H,29,32)/b22-14-,30-26?. The van der Waals surface area contributed by atoms with Gasteiger partial charge in [-0.15, -0.1) is 0 Å². The quantitative estimate of drug-likeness (QED) is 0.284. The number of carbonyl (C=O) groups excluding carboxylic acids is 2. The van der Waals surface area contributed by atoms with E-state index >= 15 is 0 Å². The number of thioether (sulfide) groups is 1. The Morgan fingerprint density at radius 1 is 1.19 bits per heavy atom. The molecule has 0 radical (unpaired) electrons. The van der Waals surface area contributed by atoms with E-state index in [1.807, 2.05) is 35.0 Å². The molecule has 0 bridgehead atoms. The Morgan fingerprint density at radius 3 is 2.68 bits per heavy atom. The Hall–Kier alpha value is -3.53. The van der Waals surface area contributed by atoms with Gasteiger partial charge in [-0.3, -0.25) is 4.79 Å². The smallest absolute Gasteiger partial charge is 0.344 e. The summed E-state index contributed by atoms with van der Waals surface area (Å²) in [5, 5.41) is 15.7. The van der Waals surface area contributed by atoms with E-state index in [4.69, 9.17) is 21.1 Å². The van der Waals surface area contributed by atoms with Crippen molar-refractivity contribution in [3.8, 4) is 0 Å². The van der Waals surface area contributed by atoms with E-state index in [2.05, 4.69) is 10.3 Å². The first-order chi connectivity index (χ1) is 17.9. The van der Waals surface area contributed by atoms with Gasteiger partial charge in [0.1, 0.15) is 22.9 Å². The lowest BCUT2D eigenvalue weighted by Crippen LogP contribution is -2.30. The minimum atomic E-state index is -0.654. The van der Waals surface area contributed by atoms with Crippen LogP contribution in [0.4, 0.5) is 5.69 Å². The van der Waals surface area contributed by atoms with Gasteiger partial charge >= 0.3 is 5.97 Å². The Labute approximate surface area is 223 Å². The lowest BCUT2D eigenvalue weighted by molar-refractivity contribution is -0.138. The number of aliphatic hydroxyl groups is 1. The summed E-state index contributed by atoms with van der Waals surface area (Å²) in [7, 11) is 1.58. The van der Waals surface area contributed by atoms with Gasteiger partial charge in [-0.1, -0.05) is 41.6 Å². The van der Waals surface area contributed by atoms with Crippen LogP contribution in [-0.4, -0.2) is 53.5 Å². The molecule has 0 saturated heterocycles. The summed E-state index contributed by atoms with van der Waals surface area (Å²) in [6.07, 6.45) is 3.63. The van der Waals surface area contributed by atoms with E-state index in [9.17, 15) is 14.7 Å². The third-order valence-corrected chi connectivity index (χ3v) is 6.75. The lowest BCUT2D eigenvalue weighted by Gasteiger charge is -2.06. The van der Waals surface area contributed by atoms with Gasteiger partial charge in [0, 0.05) is 41.3 Å². The van der Waals surface area contributed by atoms with Crippen LogP contribution in [0.1, 0.15) is 12.5 Å². The first kappa shape index (κ1) is 26.5. The summed E-state index contributed by atoms with van der Waals surface area (Å²) in [6, 6.07) is 14.5. The first-order valence-electron chi connectivity index (χ1n) is 11.6. The van der Waals surface area contributed by atoms with Gasteiger partial charge in [0.2, 0.25) is 5.91 Å². The number of halogens is 1. The summed E-state index contributed by atoms with van der Waals surface area (Å²) in [5.41, 5.74) is 2.24. The second kappa shape index (κ2) is 12.1. The predicted octanol–water partition coefficient (Wildman–Crippen LogP) is 5.25. The van der Waals surface area contributed by atoms with Crippen LogP contribution in [0.15, 0.2) is 76.0 Å². The lowest BCUT2D eigenvalue weighted by atomic mass is 10.1. The molecule has 0 saturated carbocycles. The fourth-order valence-electron chi connectivity index (χ4n) is 3.79. The fourth-order valence-corrected chi connectivity index (χ4v) is 4.94. The molecule has 1 aliphatic heterocycles. The van der Waals surface area contributed by atoms with Gasteiger partial charge in [0.05, 0.1) is 23.8 Å². The normalized spacial score (nSPS) is 15.6. The van der Waals surface area contributed by atoms with E-state index in [-0.39, 0.29) is 30.4 Å². The molecule has 10 heteroatoms. The zero-order valence-corrected chi connectivity index (χ0v) is 21.9. The molecule has 1 amide bonds. The molecular formula is C27H26ClN3O5S. The van der Waals surface area contributed by atoms with E-state index in [0.717, 1.165) is 16.5 Å². The van der Waals surface area contributed by atoms with Crippen LogP contribution in [0, 0.1) is 0 Å². The van der Waals surface area contributed by atoms with Crippen molar-refractivity contribution in [3.63, 3.8) is 0 Å². The molecule has 1 aliphatic rings. The van der Waals surface area contributed by atoms with Crippen molar-refractivity contribution >= 4 is 62.9 Å². The van der Waals surface area contributed by atoms with E-state index in [0.29, 0.717) is 33.8 Å². The van der Waals surface area contributed by atoms with E-state index in [1.54, 1.807) is 44.4 Å². The maximum Gasteiger partial charge on any atom is 0.344 e. The number of aliphatic imine (C=N–C) groups is 1. The SMILES string of the molecule is CCOC(=O)C1=C(O)/C(=C/c2cn(CC(=O)NCCOC)c3ccccc23)SC1=Nc1ccc(Cl)cc1. The number of ether oxygens (including phenoxy) is 2. The Bertz CT molecular complexity index is 1410. The largest absolute Gasteiger partial charge is 0.506 e. The number of aliphatic hydroxyl groups excluding tert-OH is 1. The molecular weight excluding hydrogens is 514 g/mol. The van der Waals surface area contributed by atoms with Crippen LogP contribution in [0.3, 0.4) is 0 Å². The molecule has 0 spiro atoms. The maximum absolute atomic E-state index is 12.7. The number of hydrogen-bond acceptors (Lipinski definition) is 7. The Morgan fingerprint density at radius 2 is 1.95 bits per heavy atom. The highest BCUT2D eigenvalue weighted by Crippen LogP contribution is 2.41. The average molecular weight is 540 g/mol. The summed E-state index contributed by atoms with van der Waals surface area (Å²) in [5.74, 6) is -0.999. The molecule has 0 atom stereocenters. The Kier molecular flexibility index (Phi) is 8.70. The van der Waals surface area contributed by atoms with Crippen molar-refractivity contribution in [2.24, 2.45) is 4.99 Å². The second-order valence-electron chi connectivity index (χ2n) is 8.02. The third kappa shape index (κ3) is 6.25. The number of fused-ring (bicyclic) bond motifs is 1. The van der Waals surface area contributed by atoms with Crippen LogP contribution < -0.4 is 5.32 Å². The average Bonchev–Trinajstić information content (AvgIpc) is 3.38. The number of rotatable bonds is 9. The van der Waals surface area contributed by atoms with Crippen molar-refractivity contribution in [1.82, 2.24) is 9.88 Å². The summed E-state index contributed by atoms with van der Waals surface area (Å²) in [4.78, 5) is 30.1. The van der Waals surface area contributed by atoms with Crippen LogP contribution in [0.25, 0.3) is 17.0 Å². The summed E-state index contributed by atoms with van der Waals surface area (Å²) < 4.78 is 12.0. The third-order valence-electron chi connectivity index (χ3n) is 5.48. The van der Waals surface area contributed by atoms with E-state index < -0.39 is 5.97 Å². The van der Waals surface area contributed by atoms with Gasteiger partial charge in [-0.05, 0) is 43.3 Å². The number of esters is 1. The van der Waals surface area contributed by atoms with Gasteiger partial charge in [0.15, 0.2) is 0 Å². The number of aromatic nitrogens is 1. The minimum absolute atomic E-state index is 0.00862. The molecule has 192 valence electrons. The second-order valence-corrected chi connectivity index (χ2v) is 9.49. The van der Waals surface area contributed by atoms with E-state index in [1.165, 1.54) is 11.8 Å². The summed E-state index contributed by atoms with van der Waals surface area (Å²) >= 11 is 7.15. The molecule has 1 aromatic heterocycles. The molecule has 2 heterocycles. The number of nitrogens with one attached hydrogen (secondary N) is 1. The molecule has 4 rings (SSSR count). The minimum Gasteiger partial charge on any atom is -0.506 e. The molecule has 3 aromatic rings. The van der Waals surface area contributed by atoms with Crippen molar-refractivity contribution in [3.05, 3.63) is 81.6 Å². The van der Waals surface area contributed by atoms with Gasteiger partial charge in [-0.25, -0.2) is 9.79 Å². The van der Waals surface area contributed by atoms with Gasteiger partial charge in [-0.2, -0.15) is 0 Å². The molecule has 0 unspecified atom stereocenters. The zero-order valence-electron chi connectivity index (χ0n) is 20.4. The van der Waals surface area contributed by atoms with Crippen LogP contribution >= 0.6 is 23.4 Å². The van der Waals surface area contributed by atoms with Gasteiger partial charge < -0.3 is 24.5 Å². The van der Waals surface area contributed by atoms with Crippen LogP contribution in [0.5, 0.6) is 0 Å². The molecule has 2 aromatic carbocycles. The highest BCUT2D eigenvalue weighted by atomic mass is 35.5. The molecule has 8 nitrogen and oxygen atoms in total. The van der Waals surface area contributed by atoms with Crippen molar-refractivity contribution < 1.29 is 24.2 Å². The molecule has 0 aliphatic carbocycles. The number of nitrogens with zero attached hydrogens (tertiary/aromatic N) is 2. The van der Waals surface area contributed by atoms with Crippen LogP contribution in [0.2, 0.25) is 5.02 Å². The number of carbonyl (C=O) groups is 2. The number of benzene rings is 2. The predicted molar refractivity (Wildman–Crippen MR) is 147 cm³/mol. The van der Waals surface area contributed by atoms with Crippen LogP contribution in [-0.2, 0) is 25.6 Å². The van der Waals surface area contributed by atoms with Crippen molar-refractivity contribution in [2.75, 3.05) is 26.9 Å².